The second-order valence-corrected chi connectivity index (χ2v) is 9.79. The molecule has 2 aromatic heterocycles. The molecule has 0 unspecified atom stereocenters. The Morgan fingerprint density at radius 3 is 2.83 bits per heavy atom. The minimum absolute atomic E-state index is 0.0157. The molecule has 1 aliphatic carbocycles. The molecule has 0 radical (unpaired) electrons. The Bertz CT molecular complexity index is 984. The van der Waals surface area contributed by atoms with Crippen molar-refractivity contribution >= 4 is 29.2 Å². The normalized spacial score (nSPS) is 22.0. The molecule has 4 rings (SSSR count). The molecule has 30 heavy (non-hydrogen) atoms. The van der Waals surface area contributed by atoms with E-state index < -0.39 is 0 Å². The van der Waals surface area contributed by atoms with Gasteiger partial charge in [0.25, 0.3) is 0 Å². The van der Waals surface area contributed by atoms with Gasteiger partial charge in [-0.2, -0.15) is 5.10 Å². The summed E-state index contributed by atoms with van der Waals surface area (Å²) in [7, 11) is 0. The average molecular weight is 430 g/mol. The first-order valence-corrected chi connectivity index (χ1v) is 10.9. The number of rotatable bonds is 5. The maximum absolute atomic E-state index is 12.6. The van der Waals surface area contributed by atoms with Gasteiger partial charge in [-0.15, -0.1) is 0 Å². The summed E-state index contributed by atoms with van der Waals surface area (Å²) in [5, 5.41) is 10.9. The molecule has 7 nitrogen and oxygen atoms in total. The van der Waals surface area contributed by atoms with E-state index in [4.69, 9.17) is 11.6 Å². The van der Waals surface area contributed by atoms with E-state index in [0.29, 0.717) is 17.3 Å². The van der Waals surface area contributed by atoms with E-state index in [1.807, 2.05) is 16.9 Å². The number of halogens is 1. The fourth-order valence-corrected chi connectivity index (χ4v) is 4.93. The van der Waals surface area contributed by atoms with E-state index in [2.05, 4.69) is 34.6 Å². The summed E-state index contributed by atoms with van der Waals surface area (Å²) in [6, 6.07) is 2.01. The number of nitrogens with zero attached hydrogens (tertiary/aromatic N) is 3. The van der Waals surface area contributed by atoms with E-state index in [-0.39, 0.29) is 29.2 Å². The van der Waals surface area contributed by atoms with Gasteiger partial charge in [0.2, 0.25) is 11.8 Å². The van der Waals surface area contributed by atoms with Crippen LogP contribution in [0.2, 0.25) is 5.02 Å². The minimum Gasteiger partial charge on any atom is -0.354 e. The van der Waals surface area contributed by atoms with Gasteiger partial charge in [0, 0.05) is 48.9 Å². The number of amides is 2. The molecule has 0 aromatic carbocycles. The molecule has 160 valence electrons. The standard InChI is InChI=1S/C22H28ClN5O2/c1-13(29)26-15-5-4-14(6-15)7-21(30)27-20-8-16(18(23)11-24-20)17-10-25-28-12-22(2,3)9-19(17)28/h8,10-11,14-15H,4-7,9,12H2,1-3H3,(H,26,29)(H,24,27,30)/t14-,15-/m0/s1. The molecule has 2 N–H and O–H groups in total. The zero-order valence-electron chi connectivity index (χ0n) is 17.7. The number of fused-ring (bicyclic) bond motifs is 1. The topological polar surface area (TPSA) is 88.9 Å². The van der Waals surface area contributed by atoms with Crippen molar-refractivity contribution in [2.75, 3.05) is 5.32 Å². The molecule has 0 spiro atoms. The van der Waals surface area contributed by atoms with Crippen molar-refractivity contribution < 1.29 is 9.59 Å². The Balaban J connectivity index is 1.43. The van der Waals surface area contributed by atoms with E-state index in [0.717, 1.165) is 43.4 Å². The first-order chi connectivity index (χ1) is 14.2. The SMILES string of the molecule is CC(=O)N[C@H]1CC[C@H](CC(=O)Nc2cc(-c3cnn4c3CC(C)(C)C4)c(Cl)cn2)C1. The third-order valence-corrected chi connectivity index (χ3v) is 6.31. The molecule has 1 fully saturated rings. The maximum atomic E-state index is 12.6. The van der Waals surface area contributed by atoms with Crippen molar-refractivity contribution in [3.8, 4) is 11.1 Å². The van der Waals surface area contributed by atoms with Crippen LogP contribution in [0.4, 0.5) is 5.82 Å². The maximum Gasteiger partial charge on any atom is 0.225 e. The smallest absolute Gasteiger partial charge is 0.225 e. The summed E-state index contributed by atoms with van der Waals surface area (Å²) in [5.74, 6) is 0.687. The Hall–Kier alpha value is -2.41. The zero-order valence-corrected chi connectivity index (χ0v) is 18.4. The number of anilines is 1. The lowest BCUT2D eigenvalue weighted by atomic mass is 9.89. The molecular weight excluding hydrogens is 402 g/mol. The van der Waals surface area contributed by atoms with Crippen LogP contribution >= 0.6 is 11.6 Å². The molecule has 1 aliphatic heterocycles. The lowest BCUT2D eigenvalue weighted by Crippen LogP contribution is -2.30. The first kappa shape index (κ1) is 20.8. The van der Waals surface area contributed by atoms with E-state index in [1.54, 1.807) is 6.20 Å². The van der Waals surface area contributed by atoms with E-state index in [9.17, 15) is 9.59 Å². The first-order valence-electron chi connectivity index (χ1n) is 10.5. The Morgan fingerprint density at radius 2 is 2.07 bits per heavy atom. The van der Waals surface area contributed by atoms with Crippen LogP contribution in [0.3, 0.4) is 0 Å². The van der Waals surface area contributed by atoms with Gasteiger partial charge in [-0.05, 0) is 43.1 Å². The minimum atomic E-state index is -0.0642. The number of carbonyl (C=O) groups excluding carboxylic acids is 2. The lowest BCUT2D eigenvalue weighted by molar-refractivity contribution is -0.119. The van der Waals surface area contributed by atoms with Gasteiger partial charge in [-0.25, -0.2) is 4.98 Å². The van der Waals surface area contributed by atoms with Crippen LogP contribution < -0.4 is 10.6 Å². The average Bonchev–Trinajstić information content (AvgIpc) is 3.30. The van der Waals surface area contributed by atoms with Crippen LogP contribution in [-0.2, 0) is 22.6 Å². The number of pyridine rings is 1. The largest absolute Gasteiger partial charge is 0.354 e. The van der Waals surface area contributed by atoms with Crippen LogP contribution in [0, 0.1) is 11.3 Å². The Labute approximate surface area is 181 Å². The summed E-state index contributed by atoms with van der Waals surface area (Å²) in [6.07, 6.45) is 7.48. The van der Waals surface area contributed by atoms with Crippen molar-refractivity contribution in [2.24, 2.45) is 11.3 Å². The van der Waals surface area contributed by atoms with Crippen molar-refractivity contribution in [2.45, 2.75) is 65.5 Å². The Kier molecular flexibility index (Phi) is 5.57. The number of hydrogen-bond donors (Lipinski definition) is 2. The highest BCUT2D eigenvalue weighted by atomic mass is 35.5. The second kappa shape index (κ2) is 8.02. The summed E-state index contributed by atoms with van der Waals surface area (Å²) < 4.78 is 2.04. The van der Waals surface area contributed by atoms with E-state index >= 15 is 0 Å². The molecule has 2 aromatic rings. The number of nitrogens with one attached hydrogen (secondary N) is 2. The molecule has 8 heteroatoms. The third-order valence-electron chi connectivity index (χ3n) is 6.01. The summed E-state index contributed by atoms with van der Waals surface area (Å²) in [4.78, 5) is 28.1. The molecule has 1 saturated carbocycles. The monoisotopic (exact) mass is 429 g/mol. The molecule has 0 saturated heterocycles. The highest BCUT2D eigenvalue weighted by Crippen LogP contribution is 2.39. The van der Waals surface area contributed by atoms with Gasteiger partial charge in [-0.1, -0.05) is 25.4 Å². The van der Waals surface area contributed by atoms with Gasteiger partial charge >= 0.3 is 0 Å². The van der Waals surface area contributed by atoms with Crippen molar-refractivity contribution in [1.82, 2.24) is 20.1 Å². The predicted octanol–water partition coefficient (Wildman–Crippen LogP) is 3.81. The van der Waals surface area contributed by atoms with Gasteiger partial charge in [0.1, 0.15) is 5.82 Å². The second-order valence-electron chi connectivity index (χ2n) is 9.38. The molecule has 2 atom stereocenters. The van der Waals surface area contributed by atoms with Crippen LogP contribution in [0.5, 0.6) is 0 Å². The number of carbonyl (C=O) groups is 2. The fraction of sp³-hybridized carbons (Fsp3) is 0.545. The fourth-order valence-electron chi connectivity index (χ4n) is 4.72. The van der Waals surface area contributed by atoms with Crippen LogP contribution in [-0.4, -0.2) is 32.6 Å². The summed E-state index contributed by atoms with van der Waals surface area (Å²) in [5.41, 5.74) is 3.18. The number of hydrogen-bond acceptors (Lipinski definition) is 4. The highest BCUT2D eigenvalue weighted by Gasteiger charge is 2.32. The van der Waals surface area contributed by atoms with Crippen molar-refractivity contribution in [3.63, 3.8) is 0 Å². The molecular formula is C22H28ClN5O2. The summed E-state index contributed by atoms with van der Waals surface area (Å²) in [6.45, 7) is 6.87. The van der Waals surface area contributed by atoms with Crippen molar-refractivity contribution in [3.05, 3.63) is 29.2 Å². The van der Waals surface area contributed by atoms with Crippen LogP contribution in [0.25, 0.3) is 11.1 Å². The van der Waals surface area contributed by atoms with Gasteiger partial charge in [-0.3, -0.25) is 14.3 Å². The van der Waals surface area contributed by atoms with Crippen molar-refractivity contribution in [1.29, 1.82) is 0 Å². The third kappa shape index (κ3) is 4.51. The zero-order chi connectivity index (χ0) is 21.5. The Morgan fingerprint density at radius 1 is 1.27 bits per heavy atom. The quantitative estimate of drug-likeness (QED) is 0.756. The summed E-state index contributed by atoms with van der Waals surface area (Å²) >= 11 is 6.45. The van der Waals surface area contributed by atoms with Crippen LogP contribution in [0.1, 0.15) is 52.1 Å². The van der Waals surface area contributed by atoms with Gasteiger partial charge in [0.05, 0.1) is 11.2 Å². The highest BCUT2D eigenvalue weighted by molar-refractivity contribution is 6.33. The molecule has 2 aliphatic rings. The van der Waals surface area contributed by atoms with Gasteiger partial charge < -0.3 is 10.6 Å². The molecule has 3 heterocycles. The van der Waals surface area contributed by atoms with Gasteiger partial charge in [0.15, 0.2) is 0 Å². The number of aromatic nitrogens is 3. The molecule has 0 bridgehead atoms. The van der Waals surface area contributed by atoms with E-state index in [1.165, 1.54) is 12.6 Å². The molecule has 2 amide bonds. The predicted molar refractivity (Wildman–Crippen MR) is 116 cm³/mol. The lowest BCUT2D eigenvalue weighted by Gasteiger charge is -2.15. The van der Waals surface area contributed by atoms with Crippen LogP contribution in [0.15, 0.2) is 18.5 Å².